The van der Waals surface area contributed by atoms with Crippen LogP contribution < -0.4 is 5.32 Å². The van der Waals surface area contributed by atoms with Crippen LogP contribution in [0.15, 0.2) is 0 Å². The molecule has 0 spiro atoms. The van der Waals surface area contributed by atoms with Crippen molar-refractivity contribution in [1.29, 1.82) is 0 Å². The zero-order chi connectivity index (χ0) is 10.6. The Kier molecular flexibility index (Phi) is 2.72. The Morgan fingerprint density at radius 3 is 2.40 bits per heavy atom. The Hall–Kier alpha value is -0.490. The maximum absolute atomic E-state index is 12.7. The molecule has 0 aromatic rings. The van der Waals surface area contributed by atoms with Crippen molar-refractivity contribution >= 4 is 18.4 Å². The summed E-state index contributed by atoms with van der Waals surface area (Å²) < 4.78 is 42.5. The van der Waals surface area contributed by atoms with Crippen molar-refractivity contribution in [3.05, 3.63) is 0 Å². The number of carbonyl (C=O) groups excluding carboxylic acids is 1. The molecule has 7 heteroatoms. The third-order valence-corrected chi connectivity index (χ3v) is 3.37. The molecule has 3 nitrogen and oxygen atoms in total. The van der Waals surface area contributed by atoms with Gasteiger partial charge in [0.05, 0.1) is 17.9 Å². The zero-order valence-electron chi connectivity index (χ0n) is 7.98. The number of piperidine rings is 1. The molecule has 0 amide bonds. The Balaban J connectivity index is 0.00000112. The number of hydrogen-bond acceptors (Lipinski definition) is 3. The smallest absolute Gasteiger partial charge is 0.396 e. The van der Waals surface area contributed by atoms with Crippen LogP contribution in [-0.4, -0.2) is 32.3 Å². The number of alkyl halides is 3. The summed E-state index contributed by atoms with van der Waals surface area (Å²) in [5, 5.41) is 2.60. The molecule has 1 aliphatic carbocycles. The standard InChI is InChI=1S/C8H10F3NO2.ClH/c1-14-5(13)6-2-7(6,4-12-3-6)8(9,10)11;/h12H,2-4H2,1H3;1H/t6-,7-;/m0./s1. The van der Waals surface area contributed by atoms with E-state index in [4.69, 9.17) is 0 Å². The van der Waals surface area contributed by atoms with Crippen LogP contribution in [0.1, 0.15) is 6.42 Å². The normalized spacial score (nSPS) is 37.9. The molecule has 1 saturated heterocycles. The molecule has 2 fully saturated rings. The van der Waals surface area contributed by atoms with Crippen LogP contribution in [0.5, 0.6) is 0 Å². The topological polar surface area (TPSA) is 38.3 Å². The highest BCUT2D eigenvalue weighted by Crippen LogP contribution is 2.73. The molecule has 88 valence electrons. The van der Waals surface area contributed by atoms with Gasteiger partial charge >= 0.3 is 12.1 Å². The van der Waals surface area contributed by atoms with Crippen LogP contribution in [-0.2, 0) is 9.53 Å². The molecule has 1 saturated carbocycles. The summed E-state index contributed by atoms with van der Waals surface area (Å²) in [5.74, 6) is -0.750. The fourth-order valence-corrected chi connectivity index (χ4v) is 2.43. The fraction of sp³-hybridized carbons (Fsp3) is 0.875. The minimum absolute atomic E-state index is 0. The molecular formula is C8H11ClF3NO2. The van der Waals surface area contributed by atoms with Gasteiger partial charge < -0.3 is 10.1 Å². The molecule has 15 heavy (non-hydrogen) atoms. The summed E-state index contributed by atoms with van der Waals surface area (Å²) in [4.78, 5) is 11.3. The Morgan fingerprint density at radius 2 is 2.00 bits per heavy atom. The predicted molar refractivity (Wildman–Crippen MR) is 47.7 cm³/mol. The largest absolute Gasteiger partial charge is 0.469 e. The van der Waals surface area contributed by atoms with Crippen LogP contribution in [0.2, 0.25) is 0 Å². The SMILES string of the molecule is COC(=O)[C@]12CNC[C@@]1(C(F)(F)F)C2.Cl. The van der Waals surface area contributed by atoms with Crippen molar-refractivity contribution in [2.45, 2.75) is 12.6 Å². The van der Waals surface area contributed by atoms with Gasteiger partial charge in [0, 0.05) is 13.1 Å². The van der Waals surface area contributed by atoms with Crippen LogP contribution >= 0.6 is 12.4 Å². The lowest BCUT2D eigenvalue weighted by atomic mass is 9.96. The highest BCUT2D eigenvalue weighted by molar-refractivity contribution is 5.85. The van der Waals surface area contributed by atoms with Gasteiger partial charge in [-0.05, 0) is 6.42 Å². The Morgan fingerprint density at radius 1 is 1.40 bits per heavy atom. The van der Waals surface area contributed by atoms with E-state index < -0.39 is 23.0 Å². The summed E-state index contributed by atoms with van der Waals surface area (Å²) in [7, 11) is 1.12. The number of fused-ring (bicyclic) bond motifs is 1. The number of nitrogens with one attached hydrogen (secondary N) is 1. The van der Waals surface area contributed by atoms with Crippen molar-refractivity contribution in [1.82, 2.24) is 5.32 Å². The average molecular weight is 246 g/mol. The van der Waals surface area contributed by atoms with Gasteiger partial charge in [-0.15, -0.1) is 12.4 Å². The van der Waals surface area contributed by atoms with E-state index >= 15 is 0 Å². The van der Waals surface area contributed by atoms with Crippen molar-refractivity contribution < 1.29 is 22.7 Å². The lowest BCUT2D eigenvalue weighted by Gasteiger charge is -2.18. The quantitative estimate of drug-likeness (QED) is 0.704. The Bertz CT molecular complexity index is 296. The van der Waals surface area contributed by atoms with Crippen LogP contribution in [0.4, 0.5) is 13.2 Å². The van der Waals surface area contributed by atoms with Crippen molar-refractivity contribution in [2.75, 3.05) is 20.2 Å². The maximum Gasteiger partial charge on any atom is 0.396 e. The maximum atomic E-state index is 12.7. The van der Waals surface area contributed by atoms with E-state index in [0.717, 1.165) is 7.11 Å². The molecule has 2 atom stereocenters. The van der Waals surface area contributed by atoms with E-state index in [2.05, 4.69) is 10.1 Å². The summed E-state index contributed by atoms with van der Waals surface area (Å²) in [6.07, 6.45) is -4.46. The molecule has 0 bridgehead atoms. The number of esters is 1. The highest BCUT2D eigenvalue weighted by Gasteiger charge is 2.85. The third kappa shape index (κ3) is 1.27. The minimum Gasteiger partial charge on any atom is -0.469 e. The first kappa shape index (κ1) is 12.6. The Labute approximate surface area is 90.8 Å². The van der Waals surface area contributed by atoms with Crippen LogP contribution in [0.25, 0.3) is 0 Å². The average Bonchev–Trinajstić information content (AvgIpc) is 2.64. The second kappa shape index (κ2) is 3.25. The van der Waals surface area contributed by atoms with E-state index in [-0.39, 0.29) is 31.9 Å². The lowest BCUT2D eigenvalue weighted by molar-refractivity contribution is -0.195. The van der Waals surface area contributed by atoms with E-state index in [0.29, 0.717) is 0 Å². The van der Waals surface area contributed by atoms with Gasteiger partial charge in [0.2, 0.25) is 0 Å². The van der Waals surface area contributed by atoms with Gasteiger partial charge in [-0.25, -0.2) is 0 Å². The van der Waals surface area contributed by atoms with Gasteiger partial charge in [-0.2, -0.15) is 13.2 Å². The second-order valence-corrected chi connectivity index (χ2v) is 3.93. The molecular weight excluding hydrogens is 235 g/mol. The number of halogens is 4. The number of ether oxygens (including phenoxy) is 1. The lowest BCUT2D eigenvalue weighted by Crippen LogP contribution is -2.34. The minimum atomic E-state index is -4.33. The number of rotatable bonds is 1. The van der Waals surface area contributed by atoms with Crippen LogP contribution in [0, 0.1) is 10.8 Å². The summed E-state index contributed by atoms with van der Waals surface area (Å²) in [6, 6.07) is 0. The zero-order valence-corrected chi connectivity index (χ0v) is 8.80. The number of methoxy groups -OCH3 is 1. The van der Waals surface area contributed by atoms with Crippen molar-refractivity contribution in [3.8, 4) is 0 Å². The van der Waals surface area contributed by atoms with Crippen LogP contribution in [0.3, 0.4) is 0 Å². The predicted octanol–water partition coefficient (Wildman–Crippen LogP) is 1.12. The molecule has 0 radical (unpaired) electrons. The molecule has 0 unspecified atom stereocenters. The van der Waals surface area contributed by atoms with Crippen molar-refractivity contribution in [2.24, 2.45) is 10.8 Å². The van der Waals surface area contributed by atoms with E-state index in [1.165, 1.54) is 0 Å². The van der Waals surface area contributed by atoms with Crippen molar-refractivity contribution in [3.63, 3.8) is 0 Å². The first-order chi connectivity index (χ1) is 6.40. The highest BCUT2D eigenvalue weighted by atomic mass is 35.5. The summed E-state index contributed by atoms with van der Waals surface area (Å²) in [5.41, 5.74) is -3.22. The second-order valence-electron chi connectivity index (χ2n) is 3.93. The molecule has 0 aromatic heterocycles. The number of hydrogen-bond donors (Lipinski definition) is 1. The molecule has 2 aliphatic rings. The fourth-order valence-electron chi connectivity index (χ4n) is 2.43. The first-order valence-corrected chi connectivity index (χ1v) is 4.25. The van der Waals surface area contributed by atoms with Gasteiger partial charge in [0.1, 0.15) is 0 Å². The summed E-state index contributed by atoms with van der Waals surface area (Å²) in [6.45, 7) is -0.106. The molecule has 1 N–H and O–H groups in total. The third-order valence-electron chi connectivity index (χ3n) is 3.37. The van der Waals surface area contributed by atoms with E-state index in [9.17, 15) is 18.0 Å². The van der Waals surface area contributed by atoms with Gasteiger partial charge in [0.25, 0.3) is 0 Å². The molecule has 0 aromatic carbocycles. The van der Waals surface area contributed by atoms with Gasteiger partial charge in [0.15, 0.2) is 0 Å². The number of carbonyl (C=O) groups is 1. The van der Waals surface area contributed by atoms with Gasteiger partial charge in [-0.1, -0.05) is 0 Å². The molecule has 1 aliphatic heterocycles. The van der Waals surface area contributed by atoms with Gasteiger partial charge in [-0.3, -0.25) is 4.79 Å². The molecule has 2 rings (SSSR count). The van der Waals surface area contributed by atoms with E-state index in [1.807, 2.05) is 0 Å². The molecule has 1 heterocycles. The summed E-state index contributed by atoms with van der Waals surface area (Å²) >= 11 is 0. The first-order valence-electron chi connectivity index (χ1n) is 4.25. The monoisotopic (exact) mass is 245 g/mol. The van der Waals surface area contributed by atoms with E-state index in [1.54, 1.807) is 0 Å².